The number of hydrogen-bond acceptors (Lipinski definition) is 4. The molecular formula is C12H12N2O4S. The van der Waals surface area contributed by atoms with Gasteiger partial charge in [0.25, 0.3) is 0 Å². The van der Waals surface area contributed by atoms with Crippen LogP contribution in [0.5, 0.6) is 0 Å². The van der Waals surface area contributed by atoms with Gasteiger partial charge in [-0.25, -0.2) is 13.2 Å². The van der Waals surface area contributed by atoms with Crippen LogP contribution in [0, 0.1) is 11.3 Å². The number of nitriles is 1. The number of rotatable bonds is 5. The van der Waals surface area contributed by atoms with E-state index in [2.05, 4.69) is 4.72 Å². The van der Waals surface area contributed by atoms with Gasteiger partial charge < -0.3 is 5.11 Å². The van der Waals surface area contributed by atoms with Crippen LogP contribution in [0.3, 0.4) is 0 Å². The molecule has 2 N–H and O–H groups in total. The number of nitrogens with one attached hydrogen (secondary N) is 1. The van der Waals surface area contributed by atoms with Crippen LogP contribution < -0.4 is 4.72 Å². The Labute approximate surface area is 111 Å². The quantitative estimate of drug-likeness (QED) is 0.793. The van der Waals surface area contributed by atoms with E-state index in [0.29, 0.717) is 5.56 Å². The minimum atomic E-state index is -3.76. The van der Waals surface area contributed by atoms with E-state index in [1.165, 1.54) is 25.1 Å². The Kier molecular flexibility index (Phi) is 4.67. The lowest BCUT2D eigenvalue weighted by atomic mass is 10.2. The van der Waals surface area contributed by atoms with Gasteiger partial charge in [-0.15, -0.1) is 0 Å². The molecule has 1 unspecified atom stereocenters. The summed E-state index contributed by atoms with van der Waals surface area (Å²) in [6, 6.07) is 7.83. The highest BCUT2D eigenvalue weighted by atomic mass is 32.2. The highest BCUT2D eigenvalue weighted by Crippen LogP contribution is 2.15. The normalized spacial score (nSPS) is 12.8. The Morgan fingerprint density at radius 1 is 1.53 bits per heavy atom. The lowest BCUT2D eigenvalue weighted by molar-refractivity contribution is -0.131. The maximum absolute atomic E-state index is 11.7. The second-order valence-corrected chi connectivity index (χ2v) is 5.72. The van der Waals surface area contributed by atoms with Crippen LogP contribution in [-0.4, -0.2) is 24.7 Å². The van der Waals surface area contributed by atoms with Gasteiger partial charge in [-0.1, -0.05) is 12.1 Å². The van der Waals surface area contributed by atoms with Crippen LogP contribution in [0.1, 0.15) is 12.5 Å². The Hall–Kier alpha value is -2.33. The van der Waals surface area contributed by atoms with Gasteiger partial charge >= 0.3 is 5.97 Å². The van der Waals surface area contributed by atoms with Crippen LogP contribution in [0.25, 0.3) is 6.08 Å². The van der Waals surface area contributed by atoms with Gasteiger partial charge in [0.15, 0.2) is 5.25 Å². The third kappa shape index (κ3) is 4.44. The molecule has 0 radical (unpaired) electrons. The lowest BCUT2D eigenvalue weighted by Crippen LogP contribution is -2.23. The summed E-state index contributed by atoms with van der Waals surface area (Å²) in [4.78, 5) is 10.4. The highest BCUT2D eigenvalue weighted by Gasteiger charge is 2.19. The maximum Gasteiger partial charge on any atom is 0.328 e. The van der Waals surface area contributed by atoms with Gasteiger partial charge in [0.2, 0.25) is 10.0 Å². The van der Waals surface area contributed by atoms with E-state index < -0.39 is 21.2 Å². The molecule has 0 saturated heterocycles. The van der Waals surface area contributed by atoms with Crippen molar-refractivity contribution in [3.8, 4) is 6.07 Å². The van der Waals surface area contributed by atoms with Gasteiger partial charge in [0, 0.05) is 11.8 Å². The van der Waals surface area contributed by atoms with Crippen molar-refractivity contribution < 1.29 is 18.3 Å². The second kappa shape index (κ2) is 6.02. The summed E-state index contributed by atoms with van der Waals surface area (Å²) in [7, 11) is -3.76. The zero-order valence-electron chi connectivity index (χ0n) is 10.1. The predicted molar refractivity (Wildman–Crippen MR) is 70.7 cm³/mol. The largest absolute Gasteiger partial charge is 0.478 e. The van der Waals surface area contributed by atoms with Crippen molar-refractivity contribution in [3.05, 3.63) is 35.9 Å². The van der Waals surface area contributed by atoms with Crippen molar-refractivity contribution in [3.63, 3.8) is 0 Å². The van der Waals surface area contributed by atoms with E-state index in [4.69, 9.17) is 10.4 Å². The number of carboxylic acid groups (broad SMARTS) is 1. The fraction of sp³-hybridized carbons (Fsp3) is 0.167. The molecular weight excluding hydrogens is 268 g/mol. The van der Waals surface area contributed by atoms with Gasteiger partial charge in [-0.3, -0.25) is 4.72 Å². The number of nitrogens with zero attached hydrogens (tertiary/aromatic N) is 1. The molecule has 6 nitrogen and oxygen atoms in total. The molecule has 0 aliphatic rings. The first-order valence-electron chi connectivity index (χ1n) is 5.27. The Balaban J connectivity index is 2.96. The van der Waals surface area contributed by atoms with E-state index in [-0.39, 0.29) is 5.69 Å². The number of carbonyl (C=O) groups is 1. The monoisotopic (exact) mass is 280 g/mol. The number of sulfonamides is 1. The average molecular weight is 280 g/mol. The molecule has 0 saturated carbocycles. The highest BCUT2D eigenvalue weighted by molar-refractivity contribution is 7.93. The van der Waals surface area contributed by atoms with Crippen LogP contribution >= 0.6 is 0 Å². The van der Waals surface area contributed by atoms with Crippen LogP contribution in [0.2, 0.25) is 0 Å². The molecule has 1 atom stereocenters. The second-order valence-electron chi connectivity index (χ2n) is 3.72. The SMILES string of the molecule is CC(C#N)S(=O)(=O)Nc1cccc(C=CC(=O)O)c1. The van der Waals surface area contributed by atoms with E-state index in [1.54, 1.807) is 18.2 Å². The fourth-order valence-corrected chi connectivity index (χ4v) is 1.97. The molecule has 100 valence electrons. The molecule has 7 heteroatoms. The summed E-state index contributed by atoms with van der Waals surface area (Å²) in [5.41, 5.74) is 0.807. The van der Waals surface area contributed by atoms with Crippen molar-refractivity contribution in [2.45, 2.75) is 12.2 Å². The average Bonchev–Trinajstić information content (AvgIpc) is 2.35. The summed E-state index contributed by atoms with van der Waals surface area (Å²) in [5.74, 6) is -1.09. The zero-order chi connectivity index (χ0) is 14.5. The van der Waals surface area contributed by atoms with E-state index in [0.717, 1.165) is 6.08 Å². The summed E-state index contributed by atoms with van der Waals surface area (Å²) >= 11 is 0. The first-order valence-corrected chi connectivity index (χ1v) is 6.82. The van der Waals surface area contributed by atoms with Crippen LogP contribution in [-0.2, 0) is 14.8 Å². The minimum Gasteiger partial charge on any atom is -0.478 e. The van der Waals surface area contributed by atoms with Gasteiger partial charge in [-0.2, -0.15) is 5.26 Å². The number of hydrogen-bond donors (Lipinski definition) is 2. The predicted octanol–water partition coefficient (Wildman–Crippen LogP) is 1.44. The van der Waals surface area contributed by atoms with E-state index in [1.807, 2.05) is 0 Å². The minimum absolute atomic E-state index is 0.273. The molecule has 1 aromatic carbocycles. The summed E-state index contributed by atoms with van der Waals surface area (Å²) in [5, 5.41) is 15.9. The third-order valence-corrected chi connectivity index (χ3v) is 3.77. The molecule has 0 aromatic heterocycles. The topological polar surface area (TPSA) is 107 Å². The zero-order valence-corrected chi connectivity index (χ0v) is 10.9. The van der Waals surface area contributed by atoms with Crippen molar-refractivity contribution in [2.24, 2.45) is 0 Å². The molecule has 19 heavy (non-hydrogen) atoms. The smallest absolute Gasteiger partial charge is 0.328 e. The standard InChI is InChI=1S/C12H12N2O4S/c1-9(8-13)19(17,18)14-11-4-2-3-10(7-11)5-6-12(15)16/h2-7,9,14H,1H3,(H,15,16). The molecule has 1 rings (SSSR count). The first-order chi connectivity index (χ1) is 8.85. The molecule has 0 heterocycles. The van der Waals surface area contributed by atoms with Crippen molar-refractivity contribution in [1.29, 1.82) is 5.26 Å². The molecule has 0 amide bonds. The number of aliphatic carboxylic acids is 1. The van der Waals surface area contributed by atoms with Gasteiger partial charge in [-0.05, 0) is 30.7 Å². The summed E-state index contributed by atoms with van der Waals surface area (Å²) in [6.45, 7) is 1.27. The fourth-order valence-electron chi connectivity index (χ4n) is 1.20. The molecule has 0 bridgehead atoms. The summed E-state index contributed by atoms with van der Waals surface area (Å²) < 4.78 is 25.6. The number of benzene rings is 1. The molecule has 0 aliphatic heterocycles. The van der Waals surface area contributed by atoms with Crippen molar-refractivity contribution in [2.75, 3.05) is 4.72 Å². The molecule has 0 aliphatic carbocycles. The van der Waals surface area contributed by atoms with Gasteiger partial charge in [0.05, 0.1) is 6.07 Å². The van der Waals surface area contributed by atoms with Gasteiger partial charge in [0.1, 0.15) is 0 Å². The Morgan fingerprint density at radius 3 is 2.79 bits per heavy atom. The Bertz CT molecular complexity index is 644. The Morgan fingerprint density at radius 2 is 2.21 bits per heavy atom. The van der Waals surface area contributed by atoms with Crippen LogP contribution in [0.4, 0.5) is 5.69 Å². The number of anilines is 1. The molecule has 0 spiro atoms. The first kappa shape index (κ1) is 14.7. The van der Waals surface area contributed by atoms with E-state index in [9.17, 15) is 13.2 Å². The van der Waals surface area contributed by atoms with Crippen LogP contribution in [0.15, 0.2) is 30.3 Å². The van der Waals surface area contributed by atoms with E-state index >= 15 is 0 Å². The summed E-state index contributed by atoms with van der Waals surface area (Å²) in [6.07, 6.45) is 2.29. The number of carboxylic acids is 1. The molecule has 0 fully saturated rings. The van der Waals surface area contributed by atoms with Crippen molar-refractivity contribution >= 4 is 27.8 Å². The maximum atomic E-state index is 11.7. The third-order valence-electron chi connectivity index (χ3n) is 2.21. The molecule has 1 aromatic rings. The van der Waals surface area contributed by atoms with Crippen molar-refractivity contribution in [1.82, 2.24) is 0 Å². The lowest BCUT2D eigenvalue weighted by Gasteiger charge is -2.09.